The minimum absolute atomic E-state index is 0.0583. The first kappa shape index (κ1) is 18.7. The molecule has 0 saturated carbocycles. The fraction of sp³-hybridized carbons (Fsp3) is 0.400. The van der Waals surface area contributed by atoms with Gasteiger partial charge in [0, 0.05) is 31.9 Å². The van der Waals surface area contributed by atoms with Crippen molar-refractivity contribution in [1.29, 1.82) is 0 Å². The van der Waals surface area contributed by atoms with E-state index >= 15 is 0 Å². The number of nitrogens with zero attached hydrogens (tertiary/aromatic N) is 1. The minimum Gasteiger partial charge on any atom is -0.355 e. The van der Waals surface area contributed by atoms with Gasteiger partial charge >= 0.3 is 0 Å². The Morgan fingerprint density at radius 3 is 2.88 bits per heavy atom. The molecule has 1 aliphatic heterocycles. The number of benzene rings is 2. The first-order valence-electron chi connectivity index (χ1n) is 8.92. The van der Waals surface area contributed by atoms with Crippen molar-refractivity contribution in [2.45, 2.75) is 19.0 Å². The van der Waals surface area contributed by atoms with Crippen LogP contribution < -0.4 is 10.6 Å². The average molecular weight is 372 g/mol. The highest BCUT2D eigenvalue weighted by Crippen LogP contribution is 2.19. The molecule has 0 spiro atoms. The molecule has 3 rings (SSSR count). The number of hydrogen-bond acceptors (Lipinski definition) is 4. The van der Waals surface area contributed by atoms with Gasteiger partial charge in [-0.1, -0.05) is 36.4 Å². The Hall–Kier alpha value is -2.05. The molecule has 26 heavy (non-hydrogen) atoms. The smallest absolute Gasteiger partial charge is 0.237 e. The first-order chi connectivity index (χ1) is 12.7. The first-order valence-corrected chi connectivity index (χ1v) is 10.3. The van der Waals surface area contributed by atoms with E-state index in [0.717, 1.165) is 17.9 Å². The highest BCUT2D eigenvalue weighted by Gasteiger charge is 2.31. The van der Waals surface area contributed by atoms with Crippen LogP contribution in [-0.4, -0.2) is 54.4 Å². The maximum atomic E-state index is 12.3. The predicted molar refractivity (Wildman–Crippen MR) is 107 cm³/mol. The number of amides is 2. The van der Waals surface area contributed by atoms with Crippen LogP contribution in [0.4, 0.5) is 0 Å². The van der Waals surface area contributed by atoms with Crippen LogP contribution in [0.2, 0.25) is 0 Å². The monoisotopic (exact) mass is 371 g/mol. The molecule has 0 radical (unpaired) electrons. The van der Waals surface area contributed by atoms with Crippen molar-refractivity contribution in [3.8, 4) is 0 Å². The quantitative estimate of drug-likeness (QED) is 0.731. The number of thioether (sulfide) groups is 1. The number of rotatable bonds is 7. The molecule has 1 saturated heterocycles. The third-order valence-corrected chi connectivity index (χ3v) is 5.26. The van der Waals surface area contributed by atoms with Gasteiger partial charge in [0.05, 0.1) is 12.5 Å². The zero-order valence-corrected chi connectivity index (χ0v) is 15.8. The van der Waals surface area contributed by atoms with Gasteiger partial charge in [-0.2, -0.15) is 11.8 Å². The van der Waals surface area contributed by atoms with Crippen molar-refractivity contribution in [3.05, 3.63) is 48.0 Å². The SMILES string of the molecule is CSCCNC(=O)C[C@H]1C(=O)NCCN1Cc1ccc2ccccc2c1. The summed E-state index contributed by atoms with van der Waals surface area (Å²) in [5.74, 6) is 0.755. The van der Waals surface area contributed by atoms with Crippen LogP contribution in [0.25, 0.3) is 10.8 Å². The molecule has 0 bridgehead atoms. The maximum Gasteiger partial charge on any atom is 0.237 e. The minimum atomic E-state index is -0.413. The Labute approximate surface area is 158 Å². The van der Waals surface area contributed by atoms with Crippen LogP contribution in [0.3, 0.4) is 0 Å². The van der Waals surface area contributed by atoms with E-state index in [-0.39, 0.29) is 18.2 Å². The molecule has 1 fully saturated rings. The van der Waals surface area contributed by atoms with Crippen LogP contribution >= 0.6 is 11.8 Å². The van der Waals surface area contributed by atoms with Crippen LogP contribution in [0.15, 0.2) is 42.5 Å². The summed E-state index contributed by atoms with van der Waals surface area (Å²) in [6, 6.07) is 14.2. The summed E-state index contributed by atoms with van der Waals surface area (Å²) in [6.07, 6.45) is 2.21. The maximum absolute atomic E-state index is 12.3. The van der Waals surface area contributed by atoms with Gasteiger partial charge in [0.2, 0.25) is 11.8 Å². The molecule has 1 aliphatic rings. The molecule has 5 nitrogen and oxygen atoms in total. The van der Waals surface area contributed by atoms with Crippen molar-refractivity contribution in [1.82, 2.24) is 15.5 Å². The Balaban J connectivity index is 1.68. The van der Waals surface area contributed by atoms with E-state index in [0.29, 0.717) is 19.6 Å². The average Bonchev–Trinajstić information content (AvgIpc) is 2.65. The number of carbonyl (C=O) groups is 2. The summed E-state index contributed by atoms with van der Waals surface area (Å²) in [7, 11) is 0. The fourth-order valence-electron chi connectivity index (χ4n) is 3.29. The third kappa shape index (κ3) is 4.77. The van der Waals surface area contributed by atoms with Crippen LogP contribution in [0.5, 0.6) is 0 Å². The molecule has 2 amide bonds. The lowest BCUT2D eigenvalue weighted by Gasteiger charge is -2.34. The summed E-state index contributed by atoms with van der Waals surface area (Å²) < 4.78 is 0. The van der Waals surface area contributed by atoms with Crippen molar-refractivity contribution >= 4 is 34.3 Å². The second kappa shape index (κ2) is 9.05. The molecule has 0 unspecified atom stereocenters. The van der Waals surface area contributed by atoms with Gasteiger partial charge < -0.3 is 10.6 Å². The van der Waals surface area contributed by atoms with E-state index in [1.54, 1.807) is 11.8 Å². The largest absolute Gasteiger partial charge is 0.355 e. The normalized spacial score (nSPS) is 17.9. The molecular weight excluding hydrogens is 346 g/mol. The lowest BCUT2D eigenvalue weighted by Crippen LogP contribution is -2.56. The van der Waals surface area contributed by atoms with E-state index < -0.39 is 6.04 Å². The number of piperazine rings is 1. The van der Waals surface area contributed by atoms with Crippen LogP contribution in [0, 0.1) is 0 Å². The standard InChI is InChI=1S/C20H25N3O2S/c1-26-11-9-21-19(24)13-18-20(25)22-8-10-23(18)14-15-6-7-16-4-2-3-5-17(16)12-15/h2-7,12,18H,8-11,13-14H2,1H3,(H,21,24)(H,22,25)/t18-/m0/s1. The molecule has 1 heterocycles. The van der Waals surface area contributed by atoms with Gasteiger partial charge in [0.15, 0.2) is 0 Å². The molecular formula is C20H25N3O2S. The van der Waals surface area contributed by atoms with Crippen molar-refractivity contribution in [2.75, 3.05) is 31.6 Å². The van der Waals surface area contributed by atoms with Gasteiger partial charge in [-0.15, -0.1) is 0 Å². The highest BCUT2D eigenvalue weighted by atomic mass is 32.2. The van der Waals surface area contributed by atoms with E-state index in [9.17, 15) is 9.59 Å². The third-order valence-electron chi connectivity index (χ3n) is 4.65. The summed E-state index contributed by atoms with van der Waals surface area (Å²) in [5.41, 5.74) is 1.16. The number of fused-ring (bicyclic) bond motifs is 1. The number of hydrogen-bond donors (Lipinski definition) is 2. The molecule has 2 aromatic carbocycles. The number of nitrogens with one attached hydrogen (secondary N) is 2. The topological polar surface area (TPSA) is 61.4 Å². The van der Waals surface area contributed by atoms with Gasteiger partial charge in [-0.3, -0.25) is 14.5 Å². The highest BCUT2D eigenvalue weighted by molar-refractivity contribution is 7.98. The Morgan fingerprint density at radius 2 is 2.08 bits per heavy atom. The zero-order valence-electron chi connectivity index (χ0n) is 15.0. The van der Waals surface area contributed by atoms with Crippen molar-refractivity contribution in [3.63, 3.8) is 0 Å². The van der Waals surface area contributed by atoms with Gasteiger partial charge in [-0.25, -0.2) is 0 Å². The molecule has 138 valence electrons. The molecule has 6 heteroatoms. The van der Waals surface area contributed by atoms with Gasteiger partial charge in [0.25, 0.3) is 0 Å². The Bertz CT molecular complexity index is 780. The van der Waals surface area contributed by atoms with Gasteiger partial charge in [0.1, 0.15) is 0 Å². The summed E-state index contributed by atoms with van der Waals surface area (Å²) >= 11 is 1.69. The molecule has 2 aromatic rings. The molecule has 0 aromatic heterocycles. The molecule has 1 atom stereocenters. The Morgan fingerprint density at radius 1 is 1.27 bits per heavy atom. The van der Waals surface area contributed by atoms with Crippen molar-refractivity contribution < 1.29 is 9.59 Å². The summed E-state index contributed by atoms with van der Waals surface area (Å²) in [4.78, 5) is 26.6. The van der Waals surface area contributed by atoms with E-state index in [1.807, 2.05) is 18.4 Å². The van der Waals surface area contributed by atoms with Crippen LogP contribution in [-0.2, 0) is 16.1 Å². The predicted octanol–water partition coefficient (Wildman–Crippen LogP) is 2.01. The molecule has 0 aliphatic carbocycles. The lowest BCUT2D eigenvalue weighted by atomic mass is 10.0. The fourth-order valence-corrected chi connectivity index (χ4v) is 3.59. The second-order valence-electron chi connectivity index (χ2n) is 6.51. The zero-order chi connectivity index (χ0) is 18.4. The summed E-state index contributed by atoms with van der Waals surface area (Å²) in [6.45, 7) is 2.68. The Kier molecular flexibility index (Phi) is 6.52. The van der Waals surface area contributed by atoms with Crippen LogP contribution in [0.1, 0.15) is 12.0 Å². The van der Waals surface area contributed by atoms with Crippen molar-refractivity contribution in [2.24, 2.45) is 0 Å². The number of carbonyl (C=O) groups excluding carboxylic acids is 2. The van der Waals surface area contributed by atoms with E-state index in [2.05, 4.69) is 45.9 Å². The van der Waals surface area contributed by atoms with E-state index in [1.165, 1.54) is 10.8 Å². The summed E-state index contributed by atoms with van der Waals surface area (Å²) in [5, 5.41) is 8.18. The lowest BCUT2D eigenvalue weighted by molar-refractivity contribution is -0.134. The van der Waals surface area contributed by atoms with E-state index in [4.69, 9.17) is 0 Å². The van der Waals surface area contributed by atoms with Gasteiger partial charge in [-0.05, 0) is 28.7 Å². The molecule has 2 N–H and O–H groups in total. The second-order valence-corrected chi connectivity index (χ2v) is 7.49.